The highest BCUT2D eigenvalue weighted by Crippen LogP contribution is 2.33. The molecule has 13 heavy (non-hydrogen) atoms. The molecular weight excluding hydrogens is 162 g/mol. The van der Waals surface area contributed by atoms with Gasteiger partial charge < -0.3 is 5.73 Å². The van der Waals surface area contributed by atoms with Crippen LogP contribution in [0.5, 0.6) is 0 Å². The van der Waals surface area contributed by atoms with Crippen molar-refractivity contribution in [3.8, 4) is 0 Å². The summed E-state index contributed by atoms with van der Waals surface area (Å²) in [7, 11) is 0. The monoisotopic (exact) mass is 183 g/mol. The predicted octanol–water partition coefficient (Wildman–Crippen LogP) is 2.12. The second-order valence-corrected chi connectivity index (χ2v) is 4.77. The lowest BCUT2D eigenvalue weighted by Crippen LogP contribution is -2.31. The van der Waals surface area contributed by atoms with E-state index in [-0.39, 0.29) is 5.41 Å². The number of nitrogens with two attached hydrogens (primary N) is 1. The van der Waals surface area contributed by atoms with Crippen LogP contribution in [0.1, 0.15) is 46.0 Å². The van der Waals surface area contributed by atoms with Crippen molar-refractivity contribution < 1.29 is 4.79 Å². The van der Waals surface area contributed by atoms with Gasteiger partial charge in [-0.25, -0.2) is 0 Å². The molecule has 1 aliphatic rings. The maximum atomic E-state index is 12.0. The first-order chi connectivity index (χ1) is 6.08. The van der Waals surface area contributed by atoms with Crippen LogP contribution in [0, 0.1) is 11.3 Å². The van der Waals surface area contributed by atoms with Gasteiger partial charge in [-0.05, 0) is 25.8 Å². The molecule has 1 rings (SSSR count). The van der Waals surface area contributed by atoms with E-state index >= 15 is 0 Å². The van der Waals surface area contributed by atoms with Gasteiger partial charge in [0.05, 0.1) is 0 Å². The fraction of sp³-hybridized carbons (Fsp3) is 0.909. The summed E-state index contributed by atoms with van der Waals surface area (Å²) >= 11 is 0. The summed E-state index contributed by atoms with van der Waals surface area (Å²) in [6.07, 6.45) is 5.49. The Morgan fingerprint density at radius 3 is 2.38 bits per heavy atom. The van der Waals surface area contributed by atoms with Crippen LogP contribution >= 0.6 is 0 Å². The van der Waals surface area contributed by atoms with Gasteiger partial charge in [-0.1, -0.05) is 26.7 Å². The standard InChI is InChI=1S/C11H21NO/c1-11(2,7-8-12)10(13)9-5-3-4-6-9/h9H,3-8,12H2,1-2H3. The highest BCUT2D eigenvalue weighted by molar-refractivity contribution is 5.86. The molecule has 1 aliphatic carbocycles. The van der Waals surface area contributed by atoms with E-state index in [0.717, 1.165) is 19.3 Å². The molecule has 0 radical (unpaired) electrons. The van der Waals surface area contributed by atoms with Gasteiger partial charge in [-0.3, -0.25) is 4.79 Å². The van der Waals surface area contributed by atoms with Gasteiger partial charge >= 0.3 is 0 Å². The molecular formula is C11H21NO. The Labute approximate surface area is 80.9 Å². The van der Waals surface area contributed by atoms with Crippen molar-refractivity contribution in [1.82, 2.24) is 0 Å². The fourth-order valence-electron chi connectivity index (χ4n) is 2.22. The molecule has 0 heterocycles. The molecule has 0 aromatic rings. The topological polar surface area (TPSA) is 43.1 Å². The predicted molar refractivity (Wildman–Crippen MR) is 54.4 cm³/mol. The first-order valence-electron chi connectivity index (χ1n) is 5.32. The first-order valence-corrected chi connectivity index (χ1v) is 5.32. The Morgan fingerprint density at radius 1 is 1.38 bits per heavy atom. The van der Waals surface area contributed by atoms with Crippen LogP contribution in [-0.4, -0.2) is 12.3 Å². The summed E-state index contributed by atoms with van der Waals surface area (Å²) in [6, 6.07) is 0. The normalized spacial score (nSPS) is 19.3. The zero-order valence-corrected chi connectivity index (χ0v) is 8.81. The van der Waals surface area contributed by atoms with Gasteiger partial charge in [0.2, 0.25) is 0 Å². The Morgan fingerprint density at radius 2 is 1.92 bits per heavy atom. The van der Waals surface area contributed by atoms with Crippen LogP contribution in [-0.2, 0) is 4.79 Å². The lowest BCUT2D eigenvalue weighted by atomic mass is 9.78. The molecule has 0 bridgehead atoms. The van der Waals surface area contributed by atoms with E-state index in [1.54, 1.807) is 0 Å². The Balaban J connectivity index is 2.53. The zero-order chi connectivity index (χ0) is 9.90. The molecule has 0 aliphatic heterocycles. The third-order valence-corrected chi connectivity index (χ3v) is 3.16. The average Bonchev–Trinajstić information content (AvgIpc) is 2.54. The smallest absolute Gasteiger partial charge is 0.141 e. The lowest BCUT2D eigenvalue weighted by Gasteiger charge is -2.25. The number of hydrogen-bond donors (Lipinski definition) is 1. The Kier molecular flexibility index (Phi) is 3.48. The Bertz CT molecular complexity index is 181. The summed E-state index contributed by atoms with van der Waals surface area (Å²) in [4.78, 5) is 12.0. The van der Waals surface area contributed by atoms with Gasteiger partial charge in [0, 0.05) is 11.3 Å². The summed E-state index contributed by atoms with van der Waals surface area (Å²) < 4.78 is 0. The van der Waals surface area contributed by atoms with Crippen molar-refractivity contribution in [1.29, 1.82) is 0 Å². The third kappa shape index (κ3) is 2.53. The van der Waals surface area contributed by atoms with Crippen molar-refractivity contribution >= 4 is 5.78 Å². The minimum Gasteiger partial charge on any atom is -0.330 e. The Hall–Kier alpha value is -0.370. The van der Waals surface area contributed by atoms with Crippen LogP contribution in [0.25, 0.3) is 0 Å². The first kappa shape index (κ1) is 10.7. The summed E-state index contributed by atoms with van der Waals surface area (Å²) in [5, 5.41) is 0. The van der Waals surface area contributed by atoms with Gasteiger partial charge in [-0.15, -0.1) is 0 Å². The summed E-state index contributed by atoms with van der Waals surface area (Å²) in [6.45, 7) is 4.67. The molecule has 2 nitrogen and oxygen atoms in total. The number of hydrogen-bond acceptors (Lipinski definition) is 2. The second-order valence-electron chi connectivity index (χ2n) is 4.77. The van der Waals surface area contributed by atoms with Crippen LogP contribution in [0.15, 0.2) is 0 Å². The highest BCUT2D eigenvalue weighted by Gasteiger charge is 2.34. The van der Waals surface area contributed by atoms with E-state index in [9.17, 15) is 4.79 Å². The lowest BCUT2D eigenvalue weighted by molar-refractivity contribution is -0.131. The number of carbonyl (C=O) groups is 1. The SMILES string of the molecule is CC(C)(CCN)C(=O)C1CCCC1. The molecule has 1 saturated carbocycles. The van der Waals surface area contributed by atoms with Crippen LogP contribution < -0.4 is 5.73 Å². The molecule has 2 N–H and O–H groups in total. The van der Waals surface area contributed by atoms with E-state index in [1.165, 1.54) is 12.8 Å². The molecule has 0 aromatic carbocycles. The van der Waals surface area contributed by atoms with E-state index < -0.39 is 0 Å². The third-order valence-electron chi connectivity index (χ3n) is 3.16. The number of carbonyl (C=O) groups excluding carboxylic acids is 1. The van der Waals surface area contributed by atoms with Crippen molar-refractivity contribution in [2.24, 2.45) is 17.1 Å². The summed E-state index contributed by atoms with van der Waals surface area (Å²) in [5.74, 6) is 0.775. The largest absolute Gasteiger partial charge is 0.330 e. The van der Waals surface area contributed by atoms with Crippen molar-refractivity contribution in [2.75, 3.05) is 6.54 Å². The second kappa shape index (κ2) is 4.23. The van der Waals surface area contributed by atoms with Crippen LogP contribution in [0.2, 0.25) is 0 Å². The number of Topliss-reactive ketones (excluding diaryl/α,β-unsaturated/α-hetero) is 1. The molecule has 0 atom stereocenters. The quantitative estimate of drug-likeness (QED) is 0.725. The highest BCUT2D eigenvalue weighted by atomic mass is 16.1. The van der Waals surface area contributed by atoms with Crippen molar-refractivity contribution in [3.63, 3.8) is 0 Å². The zero-order valence-electron chi connectivity index (χ0n) is 8.81. The van der Waals surface area contributed by atoms with E-state index in [1.807, 2.05) is 13.8 Å². The van der Waals surface area contributed by atoms with Crippen LogP contribution in [0.3, 0.4) is 0 Å². The molecule has 0 spiro atoms. The van der Waals surface area contributed by atoms with Crippen molar-refractivity contribution in [2.45, 2.75) is 46.0 Å². The van der Waals surface area contributed by atoms with Gasteiger partial charge in [0.25, 0.3) is 0 Å². The molecule has 76 valence electrons. The van der Waals surface area contributed by atoms with Crippen molar-refractivity contribution in [3.05, 3.63) is 0 Å². The van der Waals surface area contributed by atoms with Gasteiger partial charge in [0.1, 0.15) is 5.78 Å². The van der Waals surface area contributed by atoms with E-state index in [4.69, 9.17) is 5.73 Å². The molecule has 2 heteroatoms. The van der Waals surface area contributed by atoms with Gasteiger partial charge in [0.15, 0.2) is 0 Å². The molecule has 0 amide bonds. The molecule has 0 aromatic heterocycles. The minimum absolute atomic E-state index is 0.191. The fourth-order valence-corrected chi connectivity index (χ4v) is 2.22. The van der Waals surface area contributed by atoms with Crippen LogP contribution in [0.4, 0.5) is 0 Å². The average molecular weight is 183 g/mol. The molecule has 0 unspecified atom stereocenters. The molecule has 1 fully saturated rings. The maximum Gasteiger partial charge on any atom is 0.141 e. The van der Waals surface area contributed by atoms with E-state index in [2.05, 4.69) is 0 Å². The number of ketones is 1. The van der Waals surface area contributed by atoms with E-state index in [0.29, 0.717) is 18.2 Å². The minimum atomic E-state index is -0.191. The number of rotatable bonds is 4. The maximum absolute atomic E-state index is 12.0. The van der Waals surface area contributed by atoms with Gasteiger partial charge in [-0.2, -0.15) is 0 Å². The molecule has 0 saturated heterocycles. The summed E-state index contributed by atoms with van der Waals surface area (Å²) in [5.41, 5.74) is 5.31.